The van der Waals surface area contributed by atoms with Crippen molar-refractivity contribution in [3.05, 3.63) is 60.2 Å². The lowest BCUT2D eigenvalue weighted by Crippen LogP contribution is -2.55. The van der Waals surface area contributed by atoms with Gasteiger partial charge in [0.05, 0.1) is 18.1 Å². The Hall–Kier alpha value is -2.42. The Labute approximate surface area is 172 Å². The summed E-state index contributed by atoms with van der Waals surface area (Å²) in [6.07, 6.45) is 0. The molecule has 29 heavy (non-hydrogen) atoms. The predicted molar refractivity (Wildman–Crippen MR) is 112 cm³/mol. The lowest BCUT2D eigenvalue weighted by Gasteiger charge is -2.40. The summed E-state index contributed by atoms with van der Waals surface area (Å²) >= 11 is 0. The zero-order valence-electron chi connectivity index (χ0n) is 16.7. The summed E-state index contributed by atoms with van der Waals surface area (Å²) in [6.45, 7) is 7.73. The van der Waals surface area contributed by atoms with Crippen LogP contribution in [0.4, 0.5) is 5.69 Å². The maximum absolute atomic E-state index is 12.5. The lowest BCUT2D eigenvalue weighted by molar-refractivity contribution is -0.00923. The molecule has 8 heteroatoms. The van der Waals surface area contributed by atoms with E-state index in [1.165, 1.54) is 24.3 Å². The van der Waals surface area contributed by atoms with E-state index >= 15 is 0 Å². The van der Waals surface area contributed by atoms with E-state index < -0.39 is 10.0 Å². The number of nitrogens with one attached hydrogen (secondary N) is 2. The van der Waals surface area contributed by atoms with Crippen LogP contribution in [0.5, 0.6) is 0 Å². The number of carbonyl (C=O) groups excluding carboxylic acids is 1. The van der Waals surface area contributed by atoms with E-state index in [9.17, 15) is 13.2 Å². The van der Waals surface area contributed by atoms with Gasteiger partial charge in [0.25, 0.3) is 15.9 Å². The monoisotopic (exact) mass is 417 g/mol. The van der Waals surface area contributed by atoms with Gasteiger partial charge >= 0.3 is 0 Å². The Morgan fingerprint density at radius 1 is 1.03 bits per heavy atom. The van der Waals surface area contributed by atoms with E-state index in [1.54, 1.807) is 24.3 Å². The van der Waals surface area contributed by atoms with Gasteiger partial charge in [-0.15, -0.1) is 0 Å². The number of amides is 1. The number of para-hydroxylation sites is 1. The van der Waals surface area contributed by atoms with Crippen LogP contribution in [-0.4, -0.2) is 57.6 Å². The molecular formula is C21H27N3O4S. The van der Waals surface area contributed by atoms with Crippen LogP contribution < -0.4 is 10.0 Å². The fourth-order valence-electron chi connectivity index (χ4n) is 3.18. The first-order valence-corrected chi connectivity index (χ1v) is 11.1. The van der Waals surface area contributed by atoms with Crippen LogP contribution in [0.2, 0.25) is 0 Å². The van der Waals surface area contributed by atoms with Crippen molar-refractivity contribution in [2.45, 2.75) is 24.3 Å². The number of rotatable bonds is 7. The number of ether oxygens (including phenoxy) is 1. The molecule has 0 aromatic heterocycles. The van der Waals surface area contributed by atoms with Crippen molar-refractivity contribution in [1.29, 1.82) is 0 Å². The van der Waals surface area contributed by atoms with Crippen molar-refractivity contribution < 1.29 is 17.9 Å². The topological polar surface area (TPSA) is 87.7 Å². The van der Waals surface area contributed by atoms with Crippen LogP contribution >= 0.6 is 0 Å². The average Bonchev–Trinajstić information content (AvgIpc) is 2.73. The molecule has 0 radical (unpaired) electrons. The summed E-state index contributed by atoms with van der Waals surface area (Å²) in [4.78, 5) is 14.9. The molecule has 7 nitrogen and oxygen atoms in total. The van der Waals surface area contributed by atoms with Crippen LogP contribution in [0.15, 0.2) is 59.5 Å². The third-order valence-corrected chi connectivity index (χ3v) is 6.40. The third kappa shape index (κ3) is 5.56. The summed E-state index contributed by atoms with van der Waals surface area (Å²) in [5.41, 5.74) is 0.712. The summed E-state index contributed by atoms with van der Waals surface area (Å²) < 4.78 is 32.9. The van der Waals surface area contributed by atoms with Gasteiger partial charge < -0.3 is 10.1 Å². The molecule has 0 unspecified atom stereocenters. The largest absolute Gasteiger partial charge is 0.379 e. The van der Waals surface area contributed by atoms with Gasteiger partial charge in [0, 0.05) is 36.4 Å². The van der Waals surface area contributed by atoms with Crippen molar-refractivity contribution in [3.8, 4) is 0 Å². The maximum Gasteiger partial charge on any atom is 0.261 e. The van der Waals surface area contributed by atoms with Gasteiger partial charge in [-0.25, -0.2) is 8.42 Å². The second-order valence-corrected chi connectivity index (χ2v) is 9.27. The molecule has 0 spiro atoms. The SMILES string of the molecule is CC(C)(CNC(=O)c1ccc(S(=O)(=O)Nc2ccccc2)cc1)N1CCOCC1. The fourth-order valence-corrected chi connectivity index (χ4v) is 4.24. The quantitative estimate of drug-likeness (QED) is 0.722. The summed E-state index contributed by atoms with van der Waals surface area (Å²) in [5.74, 6) is -0.230. The van der Waals surface area contributed by atoms with E-state index in [0.717, 1.165) is 13.1 Å². The molecule has 156 valence electrons. The van der Waals surface area contributed by atoms with Crippen molar-refractivity contribution in [3.63, 3.8) is 0 Å². The van der Waals surface area contributed by atoms with E-state index in [4.69, 9.17) is 4.74 Å². The molecule has 1 aliphatic rings. The molecule has 2 N–H and O–H groups in total. The normalized spacial score (nSPS) is 15.7. The number of sulfonamides is 1. The van der Waals surface area contributed by atoms with Crippen LogP contribution in [0.25, 0.3) is 0 Å². The number of morpholine rings is 1. The molecule has 0 bridgehead atoms. The van der Waals surface area contributed by atoms with E-state index in [-0.39, 0.29) is 16.3 Å². The molecule has 0 aliphatic carbocycles. The molecule has 1 saturated heterocycles. The maximum atomic E-state index is 12.5. The summed E-state index contributed by atoms with van der Waals surface area (Å²) in [5, 5.41) is 2.95. The second kappa shape index (κ2) is 8.94. The molecule has 0 atom stereocenters. The highest BCUT2D eigenvalue weighted by molar-refractivity contribution is 7.92. The third-order valence-electron chi connectivity index (χ3n) is 5.00. The first-order valence-electron chi connectivity index (χ1n) is 9.57. The Balaban J connectivity index is 1.61. The number of nitrogens with zero attached hydrogens (tertiary/aromatic N) is 1. The summed E-state index contributed by atoms with van der Waals surface area (Å²) in [6, 6.07) is 14.6. The van der Waals surface area contributed by atoms with Crippen molar-refractivity contribution in [2.75, 3.05) is 37.6 Å². The van der Waals surface area contributed by atoms with E-state index in [1.807, 2.05) is 6.07 Å². The number of benzene rings is 2. The number of anilines is 1. The fraction of sp³-hybridized carbons (Fsp3) is 0.381. The molecular weight excluding hydrogens is 390 g/mol. The Morgan fingerprint density at radius 2 is 1.66 bits per heavy atom. The van der Waals surface area contributed by atoms with Crippen molar-refractivity contribution >= 4 is 21.6 Å². The van der Waals surface area contributed by atoms with Crippen LogP contribution in [-0.2, 0) is 14.8 Å². The predicted octanol–water partition coefficient (Wildman–Crippen LogP) is 2.33. The smallest absolute Gasteiger partial charge is 0.261 e. The number of hydrogen-bond acceptors (Lipinski definition) is 5. The Bertz CT molecular complexity index is 922. The van der Waals surface area contributed by atoms with Gasteiger partial charge in [-0.2, -0.15) is 0 Å². The Morgan fingerprint density at radius 3 is 2.28 bits per heavy atom. The molecule has 1 fully saturated rings. The van der Waals surface area contributed by atoms with E-state index in [2.05, 4.69) is 28.8 Å². The summed E-state index contributed by atoms with van der Waals surface area (Å²) in [7, 11) is -3.71. The highest BCUT2D eigenvalue weighted by Crippen LogP contribution is 2.18. The van der Waals surface area contributed by atoms with Gasteiger partial charge in [-0.3, -0.25) is 14.4 Å². The Kier molecular flexibility index (Phi) is 6.56. The standard InChI is InChI=1S/C21H27N3O4S/c1-21(2,24-12-14-28-15-13-24)16-22-20(25)17-8-10-19(11-9-17)29(26,27)23-18-6-4-3-5-7-18/h3-11,23H,12-16H2,1-2H3,(H,22,25). The van der Waals surface area contributed by atoms with Gasteiger partial charge in [0.15, 0.2) is 0 Å². The second-order valence-electron chi connectivity index (χ2n) is 7.59. The van der Waals surface area contributed by atoms with E-state index in [0.29, 0.717) is 31.0 Å². The molecule has 2 aromatic carbocycles. The van der Waals surface area contributed by atoms with Crippen molar-refractivity contribution in [2.24, 2.45) is 0 Å². The minimum absolute atomic E-state index is 0.103. The number of hydrogen-bond donors (Lipinski definition) is 2. The molecule has 1 amide bonds. The first kappa shape index (κ1) is 21.3. The highest BCUT2D eigenvalue weighted by atomic mass is 32.2. The van der Waals surface area contributed by atoms with Gasteiger partial charge in [0.2, 0.25) is 0 Å². The zero-order valence-corrected chi connectivity index (χ0v) is 17.5. The molecule has 0 saturated carbocycles. The van der Waals surface area contributed by atoms with Crippen molar-refractivity contribution in [1.82, 2.24) is 10.2 Å². The van der Waals surface area contributed by atoms with Crippen LogP contribution in [0, 0.1) is 0 Å². The first-order chi connectivity index (χ1) is 13.8. The van der Waals surface area contributed by atoms with Crippen LogP contribution in [0.1, 0.15) is 24.2 Å². The van der Waals surface area contributed by atoms with Gasteiger partial charge in [-0.05, 0) is 50.2 Å². The average molecular weight is 418 g/mol. The van der Waals surface area contributed by atoms with Crippen LogP contribution in [0.3, 0.4) is 0 Å². The molecule has 3 rings (SSSR count). The van der Waals surface area contributed by atoms with Gasteiger partial charge in [0.1, 0.15) is 0 Å². The minimum atomic E-state index is -3.71. The zero-order chi connectivity index (χ0) is 20.9. The highest BCUT2D eigenvalue weighted by Gasteiger charge is 2.28. The number of carbonyl (C=O) groups is 1. The van der Waals surface area contributed by atoms with Gasteiger partial charge in [-0.1, -0.05) is 18.2 Å². The minimum Gasteiger partial charge on any atom is -0.379 e. The molecule has 1 heterocycles. The molecule has 2 aromatic rings. The molecule has 1 aliphatic heterocycles. The lowest BCUT2D eigenvalue weighted by atomic mass is 10.0.